The first-order valence-corrected chi connectivity index (χ1v) is 9.70. The molecule has 7 heteroatoms. The van der Waals surface area contributed by atoms with Crippen molar-refractivity contribution in [3.63, 3.8) is 0 Å². The minimum absolute atomic E-state index is 0.00223. The van der Waals surface area contributed by atoms with E-state index in [1.54, 1.807) is 24.3 Å². The fraction of sp³-hybridized carbons (Fsp3) is 0.167. The van der Waals surface area contributed by atoms with Crippen LogP contribution in [0.15, 0.2) is 78.9 Å². The number of phenolic OH excluding ortho intramolecular Hbond substituents is 1. The van der Waals surface area contributed by atoms with Crippen LogP contribution in [0.2, 0.25) is 0 Å². The molecule has 3 aromatic rings. The highest BCUT2D eigenvalue weighted by atomic mass is 16.5. The van der Waals surface area contributed by atoms with Gasteiger partial charge in [-0.2, -0.15) is 0 Å². The molecule has 3 aromatic carbocycles. The lowest BCUT2D eigenvalue weighted by Gasteiger charge is -2.16. The molecule has 0 aliphatic carbocycles. The van der Waals surface area contributed by atoms with Crippen molar-refractivity contribution < 1.29 is 29.3 Å². The zero-order valence-corrected chi connectivity index (χ0v) is 16.7. The molecule has 31 heavy (non-hydrogen) atoms. The van der Waals surface area contributed by atoms with Crippen molar-refractivity contribution in [2.75, 3.05) is 0 Å². The lowest BCUT2D eigenvalue weighted by Crippen LogP contribution is -2.42. The quantitative estimate of drug-likeness (QED) is 0.484. The Morgan fingerprint density at radius 1 is 0.839 bits per heavy atom. The molecule has 3 N–H and O–H groups in total. The fourth-order valence-corrected chi connectivity index (χ4v) is 2.88. The molecule has 1 amide bonds. The molecule has 0 aliphatic rings. The fourth-order valence-electron chi connectivity index (χ4n) is 2.88. The molecule has 1 atom stereocenters. The molecular formula is C24H23NO6. The highest BCUT2D eigenvalue weighted by Crippen LogP contribution is 2.28. The van der Waals surface area contributed by atoms with E-state index in [-0.39, 0.29) is 31.1 Å². The number of amides is 1. The summed E-state index contributed by atoms with van der Waals surface area (Å²) in [5.41, 5.74) is 2.30. The molecule has 160 valence electrons. The molecule has 0 spiro atoms. The van der Waals surface area contributed by atoms with E-state index in [4.69, 9.17) is 9.47 Å². The number of hydrogen-bond acceptors (Lipinski definition) is 5. The second-order valence-corrected chi connectivity index (χ2v) is 6.88. The van der Waals surface area contributed by atoms with Crippen molar-refractivity contribution in [2.45, 2.75) is 25.7 Å². The summed E-state index contributed by atoms with van der Waals surface area (Å²) in [5, 5.41) is 21.9. The number of ether oxygens (including phenoxy) is 2. The Morgan fingerprint density at radius 2 is 1.45 bits per heavy atom. The van der Waals surface area contributed by atoms with E-state index in [1.165, 1.54) is 6.07 Å². The summed E-state index contributed by atoms with van der Waals surface area (Å²) < 4.78 is 10.8. The number of benzene rings is 3. The standard InChI is InChI=1S/C24H23NO6/c26-21-12-11-19(14-22(21)30-15-17-7-3-1-4-8-17)13-20(23(27)28)25-24(29)31-16-18-9-5-2-6-10-18/h1-12,14,20,26H,13,15-16H2,(H,25,29)(H,27,28)/t20-/m0/s1. The summed E-state index contributed by atoms with van der Waals surface area (Å²) in [7, 11) is 0. The van der Waals surface area contributed by atoms with Crippen LogP contribution in [0, 0.1) is 0 Å². The van der Waals surface area contributed by atoms with Crippen molar-refractivity contribution >= 4 is 12.1 Å². The average molecular weight is 421 g/mol. The van der Waals surface area contributed by atoms with Gasteiger partial charge in [0.25, 0.3) is 0 Å². The summed E-state index contributed by atoms with van der Waals surface area (Å²) in [6.07, 6.45) is -0.826. The number of aliphatic carboxylic acids is 1. The Balaban J connectivity index is 1.59. The molecular weight excluding hydrogens is 398 g/mol. The van der Waals surface area contributed by atoms with Gasteiger partial charge >= 0.3 is 12.1 Å². The van der Waals surface area contributed by atoms with Gasteiger partial charge in [-0.25, -0.2) is 9.59 Å². The molecule has 0 aliphatic heterocycles. The summed E-state index contributed by atoms with van der Waals surface area (Å²) in [4.78, 5) is 23.7. The molecule has 0 aromatic heterocycles. The van der Waals surface area contributed by atoms with Crippen molar-refractivity contribution in [3.8, 4) is 11.5 Å². The predicted molar refractivity (Wildman–Crippen MR) is 114 cm³/mol. The van der Waals surface area contributed by atoms with Gasteiger partial charge in [-0.3, -0.25) is 0 Å². The third-order valence-corrected chi connectivity index (χ3v) is 4.50. The van der Waals surface area contributed by atoms with Crippen LogP contribution in [0.1, 0.15) is 16.7 Å². The van der Waals surface area contributed by atoms with E-state index in [1.807, 2.05) is 48.5 Å². The zero-order chi connectivity index (χ0) is 22.1. The third-order valence-electron chi connectivity index (χ3n) is 4.50. The van der Waals surface area contributed by atoms with Gasteiger partial charge in [-0.05, 0) is 28.8 Å². The highest BCUT2D eigenvalue weighted by molar-refractivity contribution is 5.80. The normalized spacial score (nSPS) is 11.4. The smallest absolute Gasteiger partial charge is 0.408 e. The maximum absolute atomic E-state index is 12.0. The number of carboxylic acids is 1. The minimum Gasteiger partial charge on any atom is -0.504 e. The van der Waals surface area contributed by atoms with Crippen LogP contribution in [-0.2, 0) is 29.2 Å². The van der Waals surface area contributed by atoms with Gasteiger partial charge < -0.3 is 25.0 Å². The number of carbonyl (C=O) groups is 2. The van der Waals surface area contributed by atoms with Crippen LogP contribution in [0.25, 0.3) is 0 Å². The SMILES string of the molecule is O=C(N[C@@H](Cc1ccc(O)c(OCc2ccccc2)c1)C(=O)O)OCc1ccccc1. The number of phenols is 1. The average Bonchev–Trinajstić information content (AvgIpc) is 2.79. The number of carbonyl (C=O) groups excluding carboxylic acids is 1. The summed E-state index contributed by atoms with van der Waals surface area (Å²) >= 11 is 0. The second-order valence-electron chi connectivity index (χ2n) is 6.88. The predicted octanol–water partition coefficient (Wildman–Crippen LogP) is 3.89. The maximum Gasteiger partial charge on any atom is 0.408 e. The molecule has 0 bridgehead atoms. The molecule has 0 radical (unpaired) electrons. The first-order chi connectivity index (χ1) is 15.0. The number of rotatable bonds is 9. The molecule has 0 fully saturated rings. The van der Waals surface area contributed by atoms with Gasteiger partial charge in [0, 0.05) is 6.42 Å². The number of alkyl carbamates (subject to hydrolysis) is 1. The van der Waals surface area contributed by atoms with Crippen LogP contribution >= 0.6 is 0 Å². The van der Waals surface area contributed by atoms with Gasteiger partial charge in [-0.15, -0.1) is 0 Å². The van der Waals surface area contributed by atoms with E-state index >= 15 is 0 Å². The number of nitrogens with one attached hydrogen (secondary N) is 1. The van der Waals surface area contributed by atoms with Crippen LogP contribution < -0.4 is 10.1 Å². The Hall–Kier alpha value is -4.00. The van der Waals surface area contributed by atoms with Crippen LogP contribution in [0.5, 0.6) is 11.5 Å². The topological polar surface area (TPSA) is 105 Å². The Morgan fingerprint density at radius 3 is 2.06 bits per heavy atom. The summed E-state index contributed by atoms with van der Waals surface area (Å²) in [6.45, 7) is 0.292. The Bertz CT molecular complexity index is 1010. The van der Waals surface area contributed by atoms with E-state index < -0.39 is 18.1 Å². The van der Waals surface area contributed by atoms with Gasteiger partial charge in [0.05, 0.1) is 0 Å². The van der Waals surface area contributed by atoms with E-state index in [0.717, 1.165) is 11.1 Å². The minimum atomic E-state index is -1.20. The first-order valence-electron chi connectivity index (χ1n) is 9.70. The first kappa shape index (κ1) is 21.7. The maximum atomic E-state index is 12.0. The number of carboxylic acid groups (broad SMARTS) is 1. The van der Waals surface area contributed by atoms with Crippen molar-refractivity contribution in [1.82, 2.24) is 5.32 Å². The molecule has 3 rings (SSSR count). The van der Waals surface area contributed by atoms with Crippen molar-refractivity contribution in [2.24, 2.45) is 0 Å². The number of aromatic hydroxyl groups is 1. The number of hydrogen-bond donors (Lipinski definition) is 3. The largest absolute Gasteiger partial charge is 0.504 e. The van der Waals surface area contributed by atoms with Crippen molar-refractivity contribution in [1.29, 1.82) is 0 Å². The molecule has 0 unspecified atom stereocenters. The summed E-state index contributed by atoms with van der Waals surface area (Å²) in [5.74, 6) is -1.02. The second kappa shape index (κ2) is 10.7. The van der Waals surface area contributed by atoms with Gasteiger partial charge in [-0.1, -0.05) is 66.7 Å². The molecule has 0 heterocycles. The Labute approximate surface area is 179 Å². The van der Waals surface area contributed by atoms with E-state index in [9.17, 15) is 19.8 Å². The van der Waals surface area contributed by atoms with Gasteiger partial charge in [0.15, 0.2) is 11.5 Å². The summed E-state index contributed by atoms with van der Waals surface area (Å²) in [6, 6.07) is 21.9. The van der Waals surface area contributed by atoms with Crippen LogP contribution in [0.3, 0.4) is 0 Å². The van der Waals surface area contributed by atoms with E-state index in [0.29, 0.717) is 5.56 Å². The molecule has 7 nitrogen and oxygen atoms in total. The van der Waals surface area contributed by atoms with Gasteiger partial charge in [0.2, 0.25) is 0 Å². The zero-order valence-electron chi connectivity index (χ0n) is 16.7. The highest BCUT2D eigenvalue weighted by Gasteiger charge is 2.22. The molecule has 0 saturated carbocycles. The third kappa shape index (κ3) is 6.78. The Kier molecular flexibility index (Phi) is 7.48. The van der Waals surface area contributed by atoms with Crippen LogP contribution in [0.4, 0.5) is 4.79 Å². The lowest BCUT2D eigenvalue weighted by molar-refractivity contribution is -0.139. The lowest BCUT2D eigenvalue weighted by atomic mass is 10.1. The van der Waals surface area contributed by atoms with Crippen molar-refractivity contribution in [3.05, 3.63) is 95.6 Å². The monoisotopic (exact) mass is 421 g/mol. The van der Waals surface area contributed by atoms with Gasteiger partial charge in [0.1, 0.15) is 19.3 Å². The molecule has 0 saturated heterocycles. The van der Waals surface area contributed by atoms with Crippen LogP contribution in [-0.4, -0.2) is 28.3 Å². The van der Waals surface area contributed by atoms with E-state index in [2.05, 4.69) is 5.32 Å².